The number of rotatable bonds is 7. The molecular weight excluding hydrogens is 368 g/mol. The summed E-state index contributed by atoms with van der Waals surface area (Å²) in [5, 5.41) is 6.86. The highest BCUT2D eigenvalue weighted by molar-refractivity contribution is 7.92. The fourth-order valence-electron chi connectivity index (χ4n) is 2.54. The molecule has 3 rings (SSSR count). The third kappa shape index (κ3) is 4.37. The maximum atomic E-state index is 12.5. The molecule has 0 radical (unpaired) electrons. The SMILES string of the molecule is CCOc1ccc(Nc2ccc(NS(=O)(=O)c3c(C)noc3C)nc2)cc1. The number of sulfonamides is 1. The first-order chi connectivity index (χ1) is 12.9. The molecule has 3 aromatic rings. The molecule has 0 aliphatic carbocycles. The van der Waals surface area contributed by atoms with Gasteiger partial charge in [0.1, 0.15) is 17.3 Å². The first-order valence-electron chi connectivity index (χ1n) is 8.30. The number of benzene rings is 1. The van der Waals surface area contributed by atoms with E-state index in [0.717, 1.165) is 17.1 Å². The summed E-state index contributed by atoms with van der Waals surface area (Å²) in [6.07, 6.45) is 1.54. The second-order valence-electron chi connectivity index (χ2n) is 5.77. The van der Waals surface area contributed by atoms with Gasteiger partial charge in [0, 0.05) is 5.69 Å². The number of nitrogens with one attached hydrogen (secondary N) is 2. The van der Waals surface area contributed by atoms with Gasteiger partial charge in [-0.15, -0.1) is 0 Å². The Kier molecular flexibility index (Phi) is 5.31. The van der Waals surface area contributed by atoms with E-state index in [-0.39, 0.29) is 16.5 Å². The zero-order valence-electron chi connectivity index (χ0n) is 15.2. The van der Waals surface area contributed by atoms with Gasteiger partial charge in [0.05, 0.1) is 18.5 Å². The van der Waals surface area contributed by atoms with Crippen LogP contribution in [-0.4, -0.2) is 25.2 Å². The molecule has 27 heavy (non-hydrogen) atoms. The van der Waals surface area contributed by atoms with Gasteiger partial charge in [-0.3, -0.25) is 4.72 Å². The van der Waals surface area contributed by atoms with Crippen molar-refractivity contribution in [1.29, 1.82) is 0 Å². The second-order valence-corrected chi connectivity index (χ2v) is 7.39. The lowest BCUT2D eigenvalue weighted by molar-refractivity contribution is 0.340. The topological polar surface area (TPSA) is 106 Å². The average molecular weight is 388 g/mol. The van der Waals surface area contributed by atoms with Gasteiger partial charge in [-0.25, -0.2) is 13.4 Å². The minimum atomic E-state index is -3.82. The Morgan fingerprint density at radius 3 is 2.33 bits per heavy atom. The van der Waals surface area contributed by atoms with Crippen molar-refractivity contribution in [3.05, 3.63) is 54.0 Å². The maximum Gasteiger partial charge on any atom is 0.268 e. The van der Waals surface area contributed by atoms with Crippen molar-refractivity contribution in [3.63, 3.8) is 0 Å². The molecule has 2 aromatic heterocycles. The van der Waals surface area contributed by atoms with Crippen LogP contribution in [0.5, 0.6) is 5.75 Å². The molecule has 0 aliphatic heterocycles. The molecule has 1 aromatic carbocycles. The van der Waals surface area contributed by atoms with Gasteiger partial charge >= 0.3 is 0 Å². The fourth-order valence-corrected chi connectivity index (χ4v) is 3.88. The lowest BCUT2D eigenvalue weighted by atomic mass is 10.3. The summed E-state index contributed by atoms with van der Waals surface area (Å²) >= 11 is 0. The monoisotopic (exact) mass is 388 g/mol. The standard InChI is InChI=1S/C18H20N4O4S/c1-4-25-16-8-5-14(6-9-16)20-15-7-10-17(19-11-15)22-27(23,24)18-12(2)21-26-13(18)3/h5-11,20H,4H2,1-3H3,(H,19,22). The zero-order chi connectivity index (χ0) is 19.4. The van der Waals surface area contributed by atoms with E-state index in [2.05, 4.69) is 20.2 Å². The summed E-state index contributed by atoms with van der Waals surface area (Å²) in [7, 11) is -3.82. The molecule has 0 atom stereocenters. The van der Waals surface area contributed by atoms with E-state index < -0.39 is 10.0 Å². The van der Waals surface area contributed by atoms with Crippen LogP contribution in [0.1, 0.15) is 18.4 Å². The number of hydrogen-bond acceptors (Lipinski definition) is 7. The Morgan fingerprint density at radius 2 is 1.78 bits per heavy atom. The van der Waals surface area contributed by atoms with Gasteiger partial charge in [-0.2, -0.15) is 0 Å². The molecule has 142 valence electrons. The van der Waals surface area contributed by atoms with Gasteiger partial charge in [-0.1, -0.05) is 5.16 Å². The van der Waals surface area contributed by atoms with E-state index in [9.17, 15) is 8.42 Å². The molecule has 2 N–H and O–H groups in total. The van der Waals surface area contributed by atoms with Crippen LogP contribution in [0.25, 0.3) is 0 Å². The van der Waals surface area contributed by atoms with Gasteiger partial charge in [0.2, 0.25) is 0 Å². The highest BCUT2D eigenvalue weighted by Crippen LogP contribution is 2.23. The van der Waals surface area contributed by atoms with Crippen LogP contribution in [0.4, 0.5) is 17.2 Å². The number of ether oxygens (including phenoxy) is 1. The van der Waals surface area contributed by atoms with Crippen molar-refractivity contribution in [1.82, 2.24) is 10.1 Å². The molecular formula is C18H20N4O4S. The molecule has 0 spiro atoms. The second kappa shape index (κ2) is 7.67. The molecule has 8 nitrogen and oxygen atoms in total. The van der Waals surface area contributed by atoms with Crippen molar-refractivity contribution >= 4 is 27.2 Å². The van der Waals surface area contributed by atoms with E-state index in [0.29, 0.717) is 12.3 Å². The van der Waals surface area contributed by atoms with Crippen LogP contribution >= 0.6 is 0 Å². The lowest BCUT2D eigenvalue weighted by Crippen LogP contribution is -2.15. The summed E-state index contributed by atoms with van der Waals surface area (Å²) in [6, 6.07) is 10.8. The Labute approximate surface area is 157 Å². The molecule has 0 fully saturated rings. The average Bonchev–Trinajstić information content (AvgIpc) is 2.98. The Bertz CT molecular complexity index is 993. The van der Waals surface area contributed by atoms with Crippen molar-refractivity contribution < 1.29 is 17.7 Å². The molecule has 0 aliphatic rings. The van der Waals surface area contributed by atoms with Crippen LogP contribution in [0, 0.1) is 13.8 Å². The smallest absolute Gasteiger partial charge is 0.268 e. The molecule has 9 heteroatoms. The van der Waals surface area contributed by atoms with E-state index in [1.54, 1.807) is 32.2 Å². The normalized spacial score (nSPS) is 11.2. The molecule has 0 saturated carbocycles. The first kappa shape index (κ1) is 18.7. The Hall–Kier alpha value is -3.07. The maximum absolute atomic E-state index is 12.5. The van der Waals surface area contributed by atoms with Crippen LogP contribution in [0.3, 0.4) is 0 Å². The van der Waals surface area contributed by atoms with E-state index >= 15 is 0 Å². The van der Waals surface area contributed by atoms with Gasteiger partial charge < -0.3 is 14.6 Å². The van der Waals surface area contributed by atoms with Gasteiger partial charge in [0.15, 0.2) is 10.7 Å². The molecule has 0 amide bonds. The number of anilines is 3. The molecule has 0 unspecified atom stereocenters. The number of pyridine rings is 1. The van der Waals surface area contributed by atoms with Crippen molar-refractivity contribution in [2.45, 2.75) is 25.7 Å². The van der Waals surface area contributed by atoms with Gasteiger partial charge in [0.25, 0.3) is 10.0 Å². The fraction of sp³-hybridized carbons (Fsp3) is 0.222. The third-order valence-electron chi connectivity index (χ3n) is 3.69. The van der Waals surface area contributed by atoms with Crippen molar-refractivity contribution in [2.24, 2.45) is 0 Å². The summed E-state index contributed by atoms with van der Waals surface area (Å²) in [5.74, 6) is 1.23. The first-order valence-corrected chi connectivity index (χ1v) is 9.79. The molecule has 0 saturated heterocycles. The summed E-state index contributed by atoms with van der Waals surface area (Å²) in [5.41, 5.74) is 1.89. The minimum absolute atomic E-state index is 0.0286. The van der Waals surface area contributed by atoms with E-state index in [1.165, 1.54) is 0 Å². The summed E-state index contributed by atoms with van der Waals surface area (Å²) < 4.78 is 37.7. The van der Waals surface area contributed by atoms with Crippen LogP contribution in [0.2, 0.25) is 0 Å². The Balaban J connectivity index is 1.70. The van der Waals surface area contributed by atoms with Gasteiger partial charge in [-0.05, 0) is 57.2 Å². The largest absolute Gasteiger partial charge is 0.494 e. The van der Waals surface area contributed by atoms with E-state index in [1.807, 2.05) is 31.2 Å². The Morgan fingerprint density at radius 1 is 1.07 bits per heavy atom. The predicted octanol–water partition coefficient (Wildman–Crippen LogP) is 3.63. The van der Waals surface area contributed by atoms with Crippen LogP contribution in [-0.2, 0) is 10.0 Å². The third-order valence-corrected chi connectivity index (χ3v) is 5.29. The lowest BCUT2D eigenvalue weighted by Gasteiger charge is -2.10. The predicted molar refractivity (Wildman–Crippen MR) is 102 cm³/mol. The number of aromatic nitrogens is 2. The van der Waals surface area contributed by atoms with Crippen molar-refractivity contribution in [2.75, 3.05) is 16.6 Å². The number of nitrogens with zero attached hydrogens (tertiary/aromatic N) is 2. The quantitative estimate of drug-likeness (QED) is 0.636. The van der Waals surface area contributed by atoms with E-state index in [4.69, 9.17) is 9.26 Å². The van der Waals surface area contributed by atoms with Crippen LogP contribution < -0.4 is 14.8 Å². The highest BCUT2D eigenvalue weighted by Gasteiger charge is 2.24. The van der Waals surface area contributed by atoms with Crippen LogP contribution in [0.15, 0.2) is 52.0 Å². The molecule has 2 heterocycles. The molecule has 0 bridgehead atoms. The summed E-state index contributed by atoms with van der Waals surface area (Å²) in [4.78, 5) is 4.18. The number of aryl methyl sites for hydroxylation is 2. The summed E-state index contributed by atoms with van der Waals surface area (Å²) in [6.45, 7) is 5.66. The highest BCUT2D eigenvalue weighted by atomic mass is 32.2. The van der Waals surface area contributed by atoms with Crippen molar-refractivity contribution in [3.8, 4) is 5.75 Å². The zero-order valence-corrected chi connectivity index (χ0v) is 16.0. The minimum Gasteiger partial charge on any atom is -0.494 e. The number of hydrogen-bond donors (Lipinski definition) is 2.